The number of nitrogens with one attached hydrogen (secondary N) is 2. The van der Waals surface area contributed by atoms with Gasteiger partial charge in [-0.1, -0.05) is 0 Å². The molecule has 43 heavy (non-hydrogen) atoms. The number of likely N-dealkylation sites (N-methyl/N-ethyl adjacent to an activating group) is 1. The summed E-state index contributed by atoms with van der Waals surface area (Å²) in [4.78, 5) is 25.7. The lowest BCUT2D eigenvalue weighted by Gasteiger charge is -2.34. The molecule has 0 radical (unpaired) electrons. The van der Waals surface area contributed by atoms with E-state index in [1.807, 2.05) is 12.3 Å². The predicted molar refractivity (Wildman–Crippen MR) is 168 cm³/mol. The summed E-state index contributed by atoms with van der Waals surface area (Å²) >= 11 is 0. The molecular formula is C29H41N9O4S. The van der Waals surface area contributed by atoms with E-state index in [1.165, 1.54) is 6.20 Å². The maximum atomic E-state index is 11.9. The standard InChI is InChI=1S/C29H41N9O4S/c1-20-26(37-10-8-36(2)9-11-37)19-31-29(32-20)33-21-4-6-23(7-5-21)42-28-24-16-22(35-43(3,39)40)18-30-25(24)17-27(34-28)38-12-14-41-15-13-38/h16-19,21,23,35H,4-15H2,1-3H3,(H,31,32,33)/t21-,23+. The Balaban J connectivity index is 1.13. The highest BCUT2D eigenvalue weighted by Crippen LogP contribution is 2.33. The molecular weight excluding hydrogens is 570 g/mol. The minimum atomic E-state index is -3.45. The van der Waals surface area contributed by atoms with Crippen LogP contribution < -0.4 is 24.6 Å². The van der Waals surface area contributed by atoms with Crippen molar-refractivity contribution in [3.8, 4) is 5.88 Å². The lowest BCUT2D eigenvalue weighted by atomic mass is 9.93. The zero-order chi connectivity index (χ0) is 30.0. The monoisotopic (exact) mass is 611 g/mol. The van der Waals surface area contributed by atoms with E-state index < -0.39 is 10.0 Å². The van der Waals surface area contributed by atoms with Crippen LogP contribution in [0.15, 0.2) is 24.5 Å². The first-order chi connectivity index (χ1) is 20.7. The molecule has 14 heteroatoms. The van der Waals surface area contributed by atoms with Gasteiger partial charge in [0.15, 0.2) is 0 Å². The van der Waals surface area contributed by atoms with Crippen LogP contribution in [0.5, 0.6) is 5.88 Å². The van der Waals surface area contributed by atoms with Crippen LogP contribution in [0.25, 0.3) is 10.9 Å². The van der Waals surface area contributed by atoms with Gasteiger partial charge in [-0.2, -0.15) is 4.98 Å². The number of aryl methyl sites for hydroxylation is 1. The molecule has 1 saturated carbocycles. The number of morpholine rings is 1. The van der Waals surface area contributed by atoms with Crippen molar-refractivity contribution < 1.29 is 17.9 Å². The summed E-state index contributed by atoms with van der Waals surface area (Å²) in [7, 11) is -1.30. The molecule has 0 unspecified atom stereocenters. The number of rotatable bonds is 8. The number of nitrogens with zero attached hydrogens (tertiary/aromatic N) is 7. The lowest BCUT2D eigenvalue weighted by molar-refractivity contribution is 0.122. The zero-order valence-electron chi connectivity index (χ0n) is 25.1. The second-order valence-corrected chi connectivity index (χ2v) is 13.5. The molecule has 0 spiro atoms. The number of fused-ring (bicyclic) bond motifs is 1. The minimum absolute atomic E-state index is 0.0255. The Labute approximate surface area is 253 Å². The largest absolute Gasteiger partial charge is 0.474 e. The van der Waals surface area contributed by atoms with E-state index in [9.17, 15) is 8.42 Å². The van der Waals surface area contributed by atoms with Crippen LogP contribution in [0.4, 0.5) is 23.1 Å². The summed E-state index contributed by atoms with van der Waals surface area (Å²) in [6.07, 6.45) is 8.07. The molecule has 5 heterocycles. The van der Waals surface area contributed by atoms with Crippen LogP contribution in [-0.2, 0) is 14.8 Å². The Hall–Kier alpha value is -3.49. The molecule has 3 aromatic rings. The van der Waals surface area contributed by atoms with E-state index in [1.54, 1.807) is 6.07 Å². The molecule has 0 atom stereocenters. The first-order valence-corrected chi connectivity index (χ1v) is 16.9. The molecule has 2 N–H and O–H groups in total. The van der Waals surface area contributed by atoms with Crippen LogP contribution >= 0.6 is 0 Å². The summed E-state index contributed by atoms with van der Waals surface area (Å²) in [6.45, 7) is 8.87. The number of aromatic nitrogens is 4. The minimum Gasteiger partial charge on any atom is -0.474 e. The molecule has 2 saturated heterocycles. The average Bonchev–Trinajstić information content (AvgIpc) is 2.99. The number of hydrogen-bond acceptors (Lipinski definition) is 12. The topological polar surface area (TPSA) is 138 Å². The van der Waals surface area contributed by atoms with Crippen molar-refractivity contribution in [2.45, 2.75) is 44.8 Å². The van der Waals surface area contributed by atoms with Crippen molar-refractivity contribution in [2.24, 2.45) is 0 Å². The van der Waals surface area contributed by atoms with Gasteiger partial charge in [0.2, 0.25) is 21.9 Å². The summed E-state index contributed by atoms with van der Waals surface area (Å²) < 4.78 is 38.3. The van der Waals surface area contributed by atoms with Crippen LogP contribution in [0, 0.1) is 6.92 Å². The van der Waals surface area contributed by atoms with Gasteiger partial charge in [0.25, 0.3) is 0 Å². The number of anilines is 4. The number of ether oxygens (including phenoxy) is 2. The van der Waals surface area contributed by atoms with Gasteiger partial charge in [-0.05, 0) is 45.7 Å². The fraction of sp³-hybridized carbons (Fsp3) is 0.586. The third-order valence-corrected chi connectivity index (χ3v) is 8.96. The van der Waals surface area contributed by atoms with Gasteiger partial charge in [-0.25, -0.2) is 18.4 Å². The van der Waals surface area contributed by atoms with Crippen molar-refractivity contribution in [3.63, 3.8) is 0 Å². The molecule has 3 fully saturated rings. The predicted octanol–water partition coefficient (Wildman–Crippen LogP) is 2.49. The Morgan fingerprint density at radius 3 is 2.37 bits per heavy atom. The summed E-state index contributed by atoms with van der Waals surface area (Å²) in [6, 6.07) is 3.92. The molecule has 2 aliphatic heterocycles. The SMILES string of the molecule is Cc1nc(N[C@H]2CC[C@@H](Oc3nc(N4CCOCC4)cc4ncc(NS(C)(=O)=O)cc34)CC2)ncc1N1CCN(C)CC1. The van der Waals surface area contributed by atoms with Crippen molar-refractivity contribution in [2.75, 3.05) is 85.6 Å². The van der Waals surface area contributed by atoms with E-state index in [0.29, 0.717) is 41.6 Å². The maximum absolute atomic E-state index is 11.9. The maximum Gasteiger partial charge on any atom is 0.229 e. The first-order valence-electron chi connectivity index (χ1n) is 15.0. The highest BCUT2D eigenvalue weighted by atomic mass is 32.2. The second kappa shape index (κ2) is 12.6. The zero-order valence-corrected chi connectivity index (χ0v) is 25.9. The Bertz CT molecular complexity index is 1530. The number of pyridine rings is 2. The van der Waals surface area contributed by atoms with E-state index in [-0.39, 0.29) is 12.1 Å². The highest BCUT2D eigenvalue weighted by molar-refractivity contribution is 7.92. The average molecular weight is 612 g/mol. The van der Waals surface area contributed by atoms with E-state index in [0.717, 1.165) is 88.4 Å². The summed E-state index contributed by atoms with van der Waals surface area (Å²) in [5, 5.41) is 4.22. The van der Waals surface area contributed by atoms with E-state index >= 15 is 0 Å². The Morgan fingerprint density at radius 2 is 1.67 bits per heavy atom. The molecule has 3 aromatic heterocycles. The number of hydrogen-bond donors (Lipinski definition) is 2. The van der Waals surface area contributed by atoms with Gasteiger partial charge in [-0.15, -0.1) is 0 Å². The molecule has 232 valence electrons. The fourth-order valence-corrected chi connectivity index (χ4v) is 6.49. The quantitative estimate of drug-likeness (QED) is 0.387. The lowest BCUT2D eigenvalue weighted by Crippen LogP contribution is -2.44. The van der Waals surface area contributed by atoms with Gasteiger partial charge < -0.3 is 29.5 Å². The fourth-order valence-electron chi connectivity index (χ4n) is 5.95. The van der Waals surface area contributed by atoms with Crippen LogP contribution in [-0.4, -0.2) is 111 Å². The van der Waals surface area contributed by atoms with Gasteiger partial charge >= 0.3 is 0 Å². The Morgan fingerprint density at radius 1 is 0.930 bits per heavy atom. The number of sulfonamides is 1. The third-order valence-electron chi connectivity index (χ3n) is 8.35. The van der Waals surface area contributed by atoms with Gasteiger partial charge in [0.05, 0.1) is 59.8 Å². The molecule has 6 rings (SSSR count). The molecule has 0 aromatic carbocycles. The van der Waals surface area contributed by atoms with Gasteiger partial charge in [0.1, 0.15) is 11.9 Å². The van der Waals surface area contributed by atoms with E-state index in [4.69, 9.17) is 19.4 Å². The highest BCUT2D eigenvalue weighted by Gasteiger charge is 2.26. The second-order valence-electron chi connectivity index (χ2n) is 11.7. The van der Waals surface area contributed by atoms with Crippen molar-refractivity contribution in [1.82, 2.24) is 24.8 Å². The normalized spacial score (nSPS) is 22.0. The third kappa shape index (κ3) is 7.36. The van der Waals surface area contributed by atoms with E-state index in [2.05, 4.69) is 48.7 Å². The van der Waals surface area contributed by atoms with Crippen molar-refractivity contribution in [3.05, 3.63) is 30.2 Å². The smallest absolute Gasteiger partial charge is 0.229 e. The molecule has 1 aliphatic carbocycles. The van der Waals surface area contributed by atoms with Crippen LogP contribution in [0.3, 0.4) is 0 Å². The summed E-state index contributed by atoms with van der Waals surface area (Å²) in [5.74, 6) is 1.92. The molecule has 13 nitrogen and oxygen atoms in total. The molecule has 3 aliphatic rings. The number of piperazine rings is 1. The first kappa shape index (κ1) is 29.6. The Kier molecular flexibility index (Phi) is 8.68. The van der Waals surface area contributed by atoms with Crippen molar-refractivity contribution >= 4 is 44.1 Å². The van der Waals surface area contributed by atoms with Gasteiger partial charge in [0, 0.05) is 51.4 Å². The summed E-state index contributed by atoms with van der Waals surface area (Å²) in [5.41, 5.74) is 3.19. The molecule has 0 bridgehead atoms. The van der Waals surface area contributed by atoms with Crippen LogP contribution in [0.1, 0.15) is 31.4 Å². The molecule has 0 amide bonds. The van der Waals surface area contributed by atoms with Gasteiger partial charge in [-0.3, -0.25) is 9.71 Å². The van der Waals surface area contributed by atoms with Crippen LogP contribution in [0.2, 0.25) is 0 Å². The van der Waals surface area contributed by atoms with Crippen molar-refractivity contribution in [1.29, 1.82) is 0 Å².